The molecule has 0 aliphatic rings. The van der Waals surface area contributed by atoms with Gasteiger partial charge in [-0.2, -0.15) is 0 Å². The third kappa shape index (κ3) is 51.9. The van der Waals surface area contributed by atoms with Gasteiger partial charge in [0, 0.05) is 0 Å². The fraction of sp³-hybridized carbons (Fsp3) is 0.953. The minimum absolute atomic E-state index is 0.365. The second-order valence-corrected chi connectivity index (χ2v) is 22.5. The summed E-state index contributed by atoms with van der Waals surface area (Å²) in [5.41, 5.74) is 0. The smallest absolute Gasteiger partial charge is 0.249 e. The van der Waals surface area contributed by atoms with E-state index in [-0.39, 0.29) is 0 Å². The fourth-order valence-electron chi connectivity index (χ4n) is 10.5. The van der Waals surface area contributed by atoms with Crippen molar-refractivity contribution in [3.05, 3.63) is 12.2 Å². The summed E-state index contributed by atoms with van der Waals surface area (Å²) in [6.07, 6.45) is 71.7. The van der Waals surface area contributed by atoms with Crippen LogP contribution >= 0.6 is 0 Å². The van der Waals surface area contributed by atoms with E-state index in [4.69, 9.17) is 0 Å². The van der Waals surface area contributed by atoms with Crippen LogP contribution < -0.4 is 5.32 Å². The summed E-state index contributed by atoms with van der Waals surface area (Å²) in [5.74, 6) is -0.582. The monoisotopic (exact) mass is 990 g/mol. The Labute approximate surface area is 438 Å². The number of hydrogen-bond acceptors (Lipinski definition) is 5. The lowest BCUT2D eigenvalue weighted by molar-refractivity contribution is -0.132. The summed E-state index contributed by atoms with van der Waals surface area (Å²) in [6, 6.07) is -0.987. The topological polar surface area (TPSA) is 110 Å². The zero-order valence-corrected chi connectivity index (χ0v) is 47.6. The van der Waals surface area contributed by atoms with Crippen molar-refractivity contribution in [3.8, 4) is 0 Å². The molecular weight excluding hydrogens is 863 g/mol. The van der Waals surface area contributed by atoms with E-state index >= 15 is 0 Å². The minimum Gasteiger partial charge on any atom is -0.394 e. The van der Waals surface area contributed by atoms with Gasteiger partial charge in [-0.1, -0.05) is 334 Å². The number of rotatable bonds is 60. The van der Waals surface area contributed by atoms with Crippen molar-refractivity contribution < 1.29 is 25.2 Å². The molecule has 0 aliphatic heterocycles. The molecule has 6 heteroatoms. The van der Waals surface area contributed by atoms with E-state index in [1.807, 2.05) is 0 Å². The standard InChI is InChI=1S/C64H127NO5/c1-3-5-7-9-11-13-15-17-19-21-23-25-27-28-29-30-31-32-33-34-35-36-38-39-41-43-45-47-49-51-53-55-57-61(67)63(69)60(59-66)65-64(70)62(68)58-56-54-52-50-48-46-44-42-40-37-26-24-22-20-18-16-14-12-10-8-6-4-2/h40,42,60-63,66-69H,3-39,41,43-59H2,1-2H3,(H,65,70)/b42-40-. The molecule has 1 amide bonds. The molecule has 6 nitrogen and oxygen atoms in total. The number of carbonyl (C=O) groups is 1. The third-order valence-corrected chi connectivity index (χ3v) is 15.5. The summed E-state index contributed by atoms with van der Waals surface area (Å²) in [4.78, 5) is 12.6. The predicted octanol–water partition coefficient (Wildman–Crippen LogP) is 19.2. The quantitative estimate of drug-likeness (QED) is 0.0308. The Morgan fingerprint density at radius 3 is 0.829 bits per heavy atom. The van der Waals surface area contributed by atoms with Gasteiger partial charge in [0.1, 0.15) is 12.2 Å². The van der Waals surface area contributed by atoms with E-state index in [1.165, 1.54) is 289 Å². The Balaban J connectivity index is 3.54. The van der Waals surface area contributed by atoms with E-state index in [2.05, 4.69) is 31.3 Å². The SMILES string of the molecule is CCCCCCCCCCCCCC/C=C\CCCCCCCCC(O)C(=O)NC(CO)C(O)C(O)CCCCCCCCCCCCCCCCCCCCCCCCCCCCCCCCCC. The highest BCUT2D eigenvalue weighted by Gasteiger charge is 2.28. The summed E-state index contributed by atoms with van der Waals surface area (Å²) >= 11 is 0. The van der Waals surface area contributed by atoms with Crippen LogP contribution in [0.1, 0.15) is 361 Å². The maximum Gasteiger partial charge on any atom is 0.249 e. The Kier molecular flexibility index (Phi) is 58.1. The second kappa shape index (κ2) is 58.9. The van der Waals surface area contributed by atoms with Crippen molar-refractivity contribution in [1.29, 1.82) is 0 Å². The highest BCUT2D eigenvalue weighted by molar-refractivity contribution is 5.80. The summed E-state index contributed by atoms with van der Waals surface area (Å²) in [5, 5.41) is 44.1. The van der Waals surface area contributed by atoms with Crippen LogP contribution in [0.15, 0.2) is 12.2 Å². The first-order valence-corrected chi connectivity index (χ1v) is 32.1. The second-order valence-electron chi connectivity index (χ2n) is 22.5. The number of aliphatic hydroxyl groups excluding tert-OH is 4. The molecule has 0 fully saturated rings. The first-order valence-electron chi connectivity index (χ1n) is 32.1. The van der Waals surface area contributed by atoms with Crippen molar-refractivity contribution in [2.45, 2.75) is 385 Å². The van der Waals surface area contributed by atoms with Crippen LogP contribution in [-0.2, 0) is 4.79 Å². The van der Waals surface area contributed by atoms with E-state index in [1.54, 1.807) is 0 Å². The number of amides is 1. The first-order chi connectivity index (χ1) is 34.5. The summed E-state index contributed by atoms with van der Waals surface area (Å²) < 4.78 is 0. The van der Waals surface area contributed by atoms with Crippen LogP contribution in [-0.4, -0.2) is 57.3 Å². The molecule has 4 atom stereocenters. The number of allylic oxidation sites excluding steroid dienone is 2. The Hall–Kier alpha value is -0.950. The van der Waals surface area contributed by atoms with Gasteiger partial charge in [0.25, 0.3) is 0 Å². The molecule has 0 rings (SSSR count). The molecule has 418 valence electrons. The summed E-state index contributed by atoms with van der Waals surface area (Å²) in [7, 11) is 0. The number of unbranched alkanes of at least 4 members (excludes halogenated alkanes) is 49. The normalized spacial score (nSPS) is 13.6. The maximum atomic E-state index is 12.6. The number of nitrogens with one attached hydrogen (secondary N) is 1. The largest absolute Gasteiger partial charge is 0.394 e. The van der Waals surface area contributed by atoms with Crippen LogP contribution in [0.4, 0.5) is 0 Å². The van der Waals surface area contributed by atoms with Crippen LogP contribution in [0, 0.1) is 0 Å². The molecule has 0 aromatic rings. The molecule has 0 saturated carbocycles. The third-order valence-electron chi connectivity index (χ3n) is 15.5. The first kappa shape index (κ1) is 69.0. The van der Waals surface area contributed by atoms with Gasteiger partial charge in [0.15, 0.2) is 0 Å². The predicted molar refractivity (Wildman–Crippen MR) is 307 cm³/mol. The van der Waals surface area contributed by atoms with Gasteiger partial charge in [-0.15, -0.1) is 0 Å². The molecule has 4 unspecified atom stereocenters. The van der Waals surface area contributed by atoms with E-state index < -0.39 is 36.9 Å². The van der Waals surface area contributed by atoms with Crippen molar-refractivity contribution >= 4 is 5.91 Å². The van der Waals surface area contributed by atoms with Crippen molar-refractivity contribution in [1.82, 2.24) is 5.32 Å². The maximum absolute atomic E-state index is 12.6. The van der Waals surface area contributed by atoms with Gasteiger partial charge in [0.05, 0.1) is 18.8 Å². The lowest BCUT2D eigenvalue weighted by Gasteiger charge is -2.27. The van der Waals surface area contributed by atoms with Gasteiger partial charge in [-0.25, -0.2) is 0 Å². The molecule has 0 radical (unpaired) electrons. The minimum atomic E-state index is -1.26. The highest BCUT2D eigenvalue weighted by atomic mass is 16.3. The summed E-state index contributed by atoms with van der Waals surface area (Å²) in [6.45, 7) is 4.10. The zero-order chi connectivity index (χ0) is 50.9. The van der Waals surface area contributed by atoms with Gasteiger partial charge < -0.3 is 25.7 Å². The molecule has 0 heterocycles. The Morgan fingerprint density at radius 2 is 0.571 bits per heavy atom. The van der Waals surface area contributed by atoms with E-state index in [0.29, 0.717) is 12.8 Å². The van der Waals surface area contributed by atoms with Crippen LogP contribution in [0.2, 0.25) is 0 Å². The lowest BCUT2D eigenvalue weighted by atomic mass is 9.99. The Morgan fingerprint density at radius 1 is 0.343 bits per heavy atom. The number of carbonyl (C=O) groups excluding carboxylic acids is 1. The molecule has 0 spiro atoms. The molecule has 5 N–H and O–H groups in total. The Bertz CT molecular complexity index is 1020. The molecule has 0 bridgehead atoms. The van der Waals surface area contributed by atoms with Crippen LogP contribution in [0.5, 0.6) is 0 Å². The lowest BCUT2D eigenvalue weighted by Crippen LogP contribution is -2.53. The molecule has 70 heavy (non-hydrogen) atoms. The number of hydrogen-bond donors (Lipinski definition) is 5. The average Bonchev–Trinajstić information content (AvgIpc) is 3.36. The van der Waals surface area contributed by atoms with Crippen molar-refractivity contribution in [3.63, 3.8) is 0 Å². The van der Waals surface area contributed by atoms with Gasteiger partial charge in [-0.3, -0.25) is 4.79 Å². The van der Waals surface area contributed by atoms with Crippen molar-refractivity contribution in [2.75, 3.05) is 6.61 Å². The molecule has 0 saturated heterocycles. The van der Waals surface area contributed by atoms with Crippen LogP contribution in [0.3, 0.4) is 0 Å². The van der Waals surface area contributed by atoms with Gasteiger partial charge in [-0.05, 0) is 38.5 Å². The molecular formula is C64H127NO5. The fourth-order valence-corrected chi connectivity index (χ4v) is 10.5. The van der Waals surface area contributed by atoms with E-state index in [9.17, 15) is 25.2 Å². The van der Waals surface area contributed by atoms with Gasteiger partial charge >= 0.3 is 0 Å². The van der Waals surface area contributed by atoms with Gasteiger partial charge in [0.2, 0.25) is 5.91 Å². The number of aliphatic hydroxyl groups is 4. The van der Waals surface area contributed by atoms with E-state index in [0.717, 1.165) is 44.9 Å². The molecule has 0 aromatic carbocycles. The van der Waals surface area contributed by atoms with Crippen LogP contribution in [0.25, 0.3) is 0 Å². The highest BCUT2D eigenvalue weighted by Crippen LogP contribution is 2.19. The zero-order valence-electron chi connectivity index (χ0n) is 47.6. The molecule has 0 aliphatic carbocycles. The van der Waals surface area contributed by atoms with Crippen molar-refractivity contribution in [2.24, 2.45) is 0 Å². The molecule has 0 aromatic heterocycles. The average molecular weight is 991 g/mol.